The fraction of sp³-hybridized carbons (Fsp3) is 0.250. The Hall–Kier alpha value is 0.144. The van der Waals surface area contributed by atoms with Gasteiger partial charge in [-0.15, -0.1) is 0 Å². The van der Waals surface area contributed by atoms with E-state index in [0.717, 1.165) is 6.16 Å². The molecule has 0 radical (unpaired) electrons. The molecule has 0 aromatic heterocycles. The summed E-state index contributed by atoms with van der Waals surface area (Å²) in [6.07, 6.45) is 1.09. The van der Waals surface area contributed by atoms with Crippen LogP contribution in [0.2, 0.25) is 0 Å². The van der Waals surface area contributed by atoms with Crippen molar-refractivity contribution >= 4 is 6.70 Å². The van der Waals surface area contributed by atoms with E-state index < -0.39 is 0 Å². The SMILES string of the molecule is C[P]([Ni])Cc1ccccc1. The molecule has 1 aromatic rings. The molecule has 1 rings (SSSR count). The summed E-state index contributed by atoms with van der Waals surface area (Å²) >= 11 is 4.84. The van der Waals surface area contributed by atoms with Crippen molar-refractivity contribution in [2.45, 2.75) is 6.16 Å². The van der Waals surface area contributed by atoms with Gasteiger partial charge in [-0.3, -0.25) is 0 Å². The number of rotatable bonds is 2. The molecule has 0 N–H and O–H groups in total. The van der Waals surface area contributed by atoms with Gasteiger partial charge in [0.15, 0.2) is 0 Å². The molecule has 0 aliphatic rings. The molecule has 1 unspecified atom stereocenters. The Labute approximate surface area is 70.8 Å². The Morgan fingerprint density at radius 2 is 1.90 bits per heavy atom. The standard InChI is InChI=1S/C8H10P.Ni/c1-9-7-8-5-3-2-4-6-8;/h2-6H,7H2,1H3;/q-1;+1. The maximum absolute atomic E-state index is 4.84. The van der Waals surface area contributed by atoms with Crippen molar-refractivity contribution in [2.24, 2.45) is 0 Å². The molecule has 10 heavy (non-hydrogen) atoms. The maximum atomic E-state index is 4.84. The third-order valence-electron chi connectivity index (χ3n) is 1.23. The zero-order valence-corrected chi connectivity index (χ0v) is 7.74. The van der Waals surface area contributed by atoms with Crippen molar-refractivity contribution in [3.8, 4) is 0 Å². The van der Waals surface area contributed by atoms with Gasteiger partial charge in [-0.1, -0.05) is 0 Å². The van der Waals surface area contributed by atoms with Crippen molar-refractivity contribution in [1.29, 1.82) is 0 Å². The van der Waals surface area contributed by atoms with Crippen molar-refractivity contribution in [3.63, 3.8) is 0 Å². The molecule has 0 spiro atoms. The number of hydrogen-bond donors (Lipinski definition) is 0. The molecule has 0 aliphatic carbocycles. The Bertz CT molecular complexity index is 184. The predicted molar refractivity (Wildman–Crippen MR) is 43.0 cm³/mol. The molecule has 0 nitrogen and oxygen atoms in total. The van der Waals surface area contributed by atoms with E-state index in [9.17, 15) is 0 Å². The third kappa shape index (κ3) is 2.82. The van der Waals surface area contributed by atoms with Gasteiger partial charge in [0.05, 0.1) is 0 Å². The summed E-state index contributed by atoms with van der Waals surface area (Å²) in [5.74, 6) is 0. The molecule has 0 amide bonds. The first-order valence-corrected chi connectivity index (χ1v) is 6.30. The molecule has 1 atom stereocenters. The van der Waals surface area contributed by atoms with Crippen LogP contribution in [0.1, 0.15) is 5.56 Å². The molecule has 0 bridgehead atoms. The number of benzene rings is 1. The molecular formula is C8H10NiP. The van der Waals surface area contributed by atoms with Crippen LogP contribution >= 0.6 is 6.70 Å². The number of hydrogen-bond acceptors (Lipinski definition) is 0. The van der Waals surface area contributed by atoms with Gasteiger partial charge < -0.3 is 0 Å². The molecule has 0 saturated heterocycles. The molecule has 0 heterocycles. The monoisotopic (exact) mass is 195 g/mol. The van der Waals surface area contributed by atoms with Crippen LogP contribution < -0.4 is 0 Å². The topological polar surface area (TPSA) is 0 Å². The molecule has 2 heteroatoms. The Morgan fingerprint density at radius 3 is 2.40 bits per heavy atom. The van der Waals surface area contributed by atoms with Crippen LogP contribution in [0.3, 0.4) is 0 Å². The van der Waals surface area contributed by atoms with Gasteiger partial charge in [-0.2, -0.15) is 0 Å². The van der Waals surface area contributed by atoms with Crippen molar-refractivity contribution in [2.75, 3.05) is 6.66 Å². The van der Waals surface area contributed by atoms with Gasteiger partial charge >= 0.3 is 70.5 Å². The minimum atomic E-state index is -0.152. The van der Waals surface area contributed by atoms with Crippen molar-refractivity contribution in [3.05, 3.63) is 35.9 Å². The van der Waals surface area contributed by atoms with E-state index in [4.69, 9.17) is 15.0 Å². The van der Waals surface area contributed by atoms with Gasteiger partial charge in [0.25, 0.3) is 0 Å². The minimum absolute atomic E-state index is 0.152. The Morgan fingerprint density at radius 1 is 1.30 bits per heavy atom. The fourth-order valence-electron chi connectivity index (χ4n) is 0.824. The molecule has 0 fully saturated rings. The average Bonchev–Trinajstić information content (AvgIpc) is 1.88. The van der Waals surface area contributed by atoms with E-state index in [1.807, 2.05) is 6.07 Å². The summed E-state index contributed by atoms with van der Waals surface area (Å²) in [4.78, 5) is 0. The second-order valence-corrected chi connectivity index (χ2v) is 5.89. The van der Waals surface area contributed by atoms with Crippen LogP contribution in [0.15, 0.2) is 30.3 Å². The van der Waals surface area contributed by atoms with Gasteiger partial charge in [0.2, 0.25) is 0 Å². The molecule has 1 aromatic carbocycles. The fourth-order valence-corrected chi connectivity index (χ4v) is 2.06. The van der Waals surface area contributed by atoms with Crippen LogP contribution in [-0.2, 0) is 21.2 Å². The zero-order valence-electron chi connectivity index (χ0n) is 5.86. The van der Waals surface area contributed by atoms with E-state index in [0.29, 0.717) is 0 Å². The van der Waals surface area contributed by atoms with Gasteiger partial charge in [0, 0.05) is 0 Å². The van der Waals surface area contributed by atoms with Gasteiger partial charge in [-0.05, 0) is 0 Å². The van der Waals surface area contributed by atoms with Crippen molar-refractivity contribution < 1.29 is 15.0 Å². The van der Waals surface area contributed by atoms with Crippen molar-refractivity contribution in [1.82, 2.24) is 0 Å². The summed E-state index contributed by atoms with van der Waals surface area (Å²) in [6.45, 7) is 1.99. The second kappa shape index (κ2) is 4.11. The second-order valence-electron chi connectivity index (χ2n) is 2.20. The first-order valence-electron chi connectivity index (χ1n) is 3.17. The van der Waals surface area contributed by atoms with Crippen LogP contribution in [-0.4, -0.2) is 6.66 Å². The third-order valence-corrected chi connectivity index (χ3v) is 2.48. The summed E-state index contributed by atoms with van der Waals surface area (Å²) < 4.78 is 0. The Balaban J connectivity index is 2.59. The summed E-state index contributed by atoms with van der Waals surface area (Å²) in [7, 11) is 0. The van der Waals surface area contributed by atoms with Crippen LogP contribution in [0.4, 0.5) is 0 Å². The molecule has 0 saturated carbocycles. The molecule has 57 valence electrons. The first kappa shape index (κ1) is 8.24. The average molecular weight is 196 g/mol. The Kier molecular flexibility index (Phi) is 3.39. The summed E-state index contributed by atoms with van der Waals surface area (Å²) in [6, 6.07) is 10.4. The summed E-state index contributed by atoms with van der Waals surface area (Å²) in [5.41, 5.74) is 1.38. The van der Waals surface area contributed by atoms with E-state index >= 15 is 0 Å². The normalized spacial score (nSPS) is 13.1. The van der Waals surface area contributed by atoms with E-state index in [1.165, 1.54) is 5.56 Å². The van der Waals surface area contributed by atoms with E-state index in [2.05, 4.69) is 30.9 Å². The zero-order chi connectivity index (χ0) is 7.40. The summed E-state index contributed by atoms with van der Waals surface area (Å²) in [5, 5.41) is 0. The first-order chi connectivity index (χ1) is 4.79. The molecule has 0 aliphatic heterocycles. The van der Waals surface area contributed by atoms with E-state index in [-0.39, 0.29) is 6.70 Å². The van der Waals surface area contributed by atoms with Gasteiger partial charge in [-0.25, -0.2) is 0 Å². The van der Waals surface area contributed by atoms with Crippen LogP contribution in [0, 0.1) is 0 Å². The predicted octanol–water partition coefficient (Wildman–Crippen LogP) is 2.76. The quantitative estimate of drug-likeness (QED) is 0.503. The molecular weight excluding hydrogens is 186 g/mol. The van der Waals surface area contributed by atoms with Gasteiger partial charge in [0.1, 0.15) is 0 Å². The van der Waals surface area contributed by atoms with Crippen LogP contribution in [0.25, 0.3) is 0 Å². The van der Waals surface area contributed by atoms with Crippen LogP contribution in [0.5, 0.6) is 0 Å². The van der Waals surface area contributed by atoms with E-state index in [1.54, 1.807) is 0 Å².